The molecule has 60 valence electrons. The van der Waals surface area contributed by atoms with Gasteiger partial charge in [-0.15, -0.1) is 0 Å². The highest BCUT2D eigenvalue weighted by molar-refractivity contribution is 5.76. The number of hydrogen-bond acceptors (Lipinski definition) is 3. The van der Waals surface area contributed by atoms with Gasteiger partial charge in [0.15, 0.2) is 0 Å². The highest BCUT2D eigenvalue weighted by Crippen LogP contribution is 1.96. The van der Waals surface area contributed by atoms with Gasteiger partial charge in [-0.3, -0.25) is 4.79 Å². The van der Waals surface area contributed by atoms with E-state index < -0.39 is 18.1 Å². The van der Waals surface area contributed by atoms with Gasteiger partial charge in [0.05, 0.1) is 5.60 Å². The van der Waals surface area contributed by atoms with Gasteiger partial charge in [0, 0.05) is 6.54 Å². The van der Waals surface area contributed by atoms with E-state index in [1.54, 1.807) is 13.8 Å². The molecule has 0 radical (unpaired) electrons. The fraction of sp³-hybridized carbons (Fsp3) is 0.833. The van der Waals surface area contributed by atoms with Gasteiger partial charge in [0.2, 0.25) is 5.91 Å². The van der Waals surface area contributed by atoms with E-state index >= 15 is 0 Å². The fourth-order valence-electron chi connectivity index (χ4n) is 0.371. The summed E-state index contributed by atoms with van der Waals surface area (Å²) in [5, 5.41) is 19.6. The second-order valence-electron chi connectivity index (χ2n) is 2.75. The van der Waals surface area contributed by atoms with E-state index in [0.29, 0.717) is 0 Å². The fourth-order valence-corrected chi connectivity index (χ4v) is 0.371. The molecule has 0 atom stereocenters. The minimum atomic E-state index is -0.912. The third kappa shape index (κ3) is 5.53. The van der Waals surface area contributed by atoms with Crippen molar-refractivity contribution in [3.8, 4) is 0 Å². The Kier molecular flexibility index (Phi) is 3.32. The van der Waals surface area contributed by atoms with Crippen LogP contribution in [0.25, 0.3) is 0 Å². The van der Waals surface area contributed by atoms with Crippen molar-refractivity contribution in [2.45, 2.75) is 19.4 Å². The van der Waals surface area contributed by atoms with Gasteiger partial charge in [0.1, 0.15) is 6.61 Å². The summed E-state index contributed by atoms with van der Waals surface area (Å²) >= 11 is 0. The van der Waals surface area contributed by atoms with E-state index in [9.17, 15) is 4.79 Å². The predicted octanol–water partition coefficient (Wildman–Crippen LogP) is -1.13. The summed E-state index contributed by atoms with van der Waals surface area (Å²) in [6.07, 6.45) is 0. The zero-order chi connectivity index (χ0) is 8.20. The van der Waals surface area contributed by atoms with E-state index in [4.69, 9.17) is 10.2 Å². The van der Waals surface area contributed by atoms with Crippen LogP contribution >= 0.6 is 0 Å². The molecule has 0 aliphatic carbocycles. The molecule has 0 aromatic carbocycles. The summed E-state index contributed by atoms with van der Waals surface area (Å²) in [5.74, 6) is -0.470. The summed E-state index contributed by atoms with van der Waals surface area (Å²) in [5.41, 5.74) is -0.912. The van der Waals surface area contributed by atoms with Crippen molar-refractivity contribution in [3.63, 3.8) is 0 Å². The van der Waals surface area contributed by atoms with Crippen molar-refractivity contribution in [2.75, 3.05) is 13.2 Å². The Labute approximate surface area is 59.9 Å². The molecule has 0 bridgehead atoms. The van der Waals surface area contributed by atoms with E-state index in [1.165, 1.54) is 0 Å². The van der Waals surface area contributed by atoms with Crippen LogP contribution in [0, 0.1) is 0 Å². The first-order chi connectivity index (χ1) is 4.45. The summed E-state index contributed by atoms with van der Waals surface area (Å²) < 4.78 is 0. The topological polar surface area (TPSA) is 69.6 Å². The normalized spacial score (nSPS) is 11.2. The summed E-state index contributed by atoms with van der Waals surface area (Å²) in [7, 11) is 0. The van der Waals surface area contributed by atoms with Gasteiger partial charge in [-0.2, -0.15) is 0 Å². The SMILES string of the molecule is CC(C)(O)CNC(=O)CO. The molecular formula is C6H13NO3. The van der Waals surface area contributed by atoms with Crippen molar-refractivity contribution in [3.05, 3.63) is 0 Å². The molecule has 0 aliphatic heterocycles. The average molecular weight is 147 g/mol. The Morgan fingerprint density at radius 2 is 2.10 bits per heavy atom. The largest absolute Gasteiger partial charge is 0.389 e. The molecule has 0 aliphatic rings. The lowest BCUT2D eigenvalue weighted by atomic mass is 10.1. The molecule has 0 saturated carbocycles. The molecule has 0 unspecified atom stereocenters. The molecule has 3 N–H and O–H groups in total. The molecule has 0 heterocycles. The second-order valence-corrected chi connectivity index (χ2v) is 2.75. The second kappa shape index (κ2) is 3.53. The minimum Gasteiger partial charge on any atom is -0.389 e. The monoisotopic (exact) mass is 147 g/mol. The van der Waals surface area contributed by atoms with E-state index in [2.05, 4.69) is 5.32 Å². The highest BCUT2D eigenvalue weighted by Gasteiger charge is 2.12. The maximum Gasteiger partial charge on any atom is 0.245 e. The first-order valence-electron chi connectivity index (χ1n) is 3.05. The maximum atomic E-state index is 10.4. The van der Waals surface area contributed by atoms with Crippen LogP contribution in [0.15, 0.2) is 0 Å². The summed E-state index contributed by atoms with van der Waals surface area (Å²) in [6.45, 7) is 2.78. The molecule has 0 rings (SSSR count). The maximum absolute atomic E-state index is 10.4. The smallest absolute Gasteiger partial charge is 0.245 e. The zero-order valence-corrected chi connectivity index (χ0v) is 6.22. The van der Waals surface area contributed by atoms with Crippen molar-refractivity contribution in [1.82, 2.24) is 5.32 Å². The Bertz CT molecular complexity index is 117. The Balaban J connectivity index is 3.46. The van der Waals surface area contributed by atoms with Crippen LogP contribution in [0.4, 0.5) is 0 Å². The summed E-state index contributed by atoms with van der Waals surface area (Å²) in [6, 6.07) is 0. The average Bonchev–Trinajstić information content (AvgIpc) is 1.81. The van der Waals surface area contributed by atoms with Crippen LogP contribution < -0.4 is 5.32 Å². The Morgan fingerprint density at radius 1 is 1.60 bits per heavy atom. The molecule has 10 heavy (non-hydrogen) atoms. The number of nitrogens with one attached hydrogen (secondary N) is 1. The first-order valence-corrected chi connectivity index (χ1v) is 3.05. The molecule has 4 nitrogen and oxygen atoms in total. The lowest BCUT2D eigenvalue weighted by Crippen LogP contribution is -2.39. The zero-order valence-electron chi connectivity index (χ0n) is 6.22. The predicted molar refractivity (Wildman–Crippen MR) is 36.4 cm³/mol. The molecule has 0 spiro atoms. The van der Waals surface area contributed by atoms with Gasteiger partial charge in [-0.05, 0) is 13.8 Å². The number of carbonyl (C=O) groups excluding carboxylic acids is 1. The number of aliphatic hydroxyl groups is 2. The van der Waals surface area contributed by atoms with Crippen molar-refractivity contribution >= 4 is 5.91 Å². The van der Waals surface area contributed by atoms with Crippen LogP contribution in [-0.2, 0) is 4.79 Å². The molecule has 0 aromatic rings. The standard InChI is InChI=1S/C6H13NO3/c1-6(2,10)4-7-5(9)3-8/h8,10H,3-4H2,1-2H3,(H,7,9). The third-order valence-corrected chi connectivity index (χ3v) is 0.862. The molecular weight excluding hydrogens is 134 g/mol. The molecule has 0 saturated heterocycles. The van der Waals surface area contributed by atoms with Gasteiger partial charge in [-0.25, -0.2) is 0 Å². The van der Waals surface area contributed by atoms with E-state index in [1.807, 2.05) is 0 Å². The number of hydrogen-bond donors (Lipinski definition) is 3. The van der Waals surface area contributed by atoms with Gasteiger partial charge >= 0.3 is 0 Å². The number of amides is 1. The number of rotatable bonds is 3. The van der Waals surface area contributed by atoms with Crippen LogP contribution in [0.2, 0.25) is 0 Å². The Morgan fingerprint density at radius 3 is 2.40 bits per heavy atom. The molecule has 4 heteroatoms. The Hall–Kier alpha value is -0.610. The van der Waals surface area contributed by atoms with Gasteiger partial charge in [0.25, 0.3) is 0 Å². The molecule has 1 amide bonds. The minimum absolute atomic E-state index is 0.159. The van der Waals surface area contributed by atoms with Crippen LogP contribution in [0.1, 0.15) is 13.8 Å². The number of aliphatic hydroxyl groups excluding tert-OH is 1. The lowest BCUT2D eigenvalue weighted by Gasteiger charge is -2.16. The van der Waals surface area contributed by atoms with Gasteiger partial charge in [-0.1, -0.05) is 0 Å². The van der Waals surface area contributed by atoms with E-state index in [-0.39, 0.29) is 6.54 Å². The van der Waals surface area contributed by atoms with Crippen LogP contribution in [-0.4, -0.2) is 34.9 Å². The van der Waals surface area contributed by atoms with Crippen LogP contribution in [0.5, 0.6) is 0 Å². The lowest BCUT2D eigenvalue weighted by molar-refractivity contribution is -0.124. The number of carbonyl (C=O) groups is 1. The van der Waals surface area contributed by atoms with Crippen molar-refractivity contribution < 1.29 is 15.0 Å². The molecule has 0 fully saturated rings. The van der Waals surface area contributed by atoms with Crippen LogP contribution in [0.3, 0.4) is 0 Å². The van der Waals surface area contributed by atoms with E-state index in [0.717, 1.165) is 0 Å². The van der Waals surface area contributed by atoms with Crippen molar-refractivity contribution in [1.29, 1.82) is 0 Å². The van der Waals surface area contributed by atoms with Gasteiger partial charge < -0.3 is 15.5 Å². The quantitative estimate of drug-likeness (QED) is 0.473. The summed E-state index contributed by atoms with van der Waals surface area (Å²) in [4.78, 5) is 10.4. The first kappa shape index (κ1) is 9.39. The molecule has 0 aromatic heterocycles. The third-order valence-electron chi connectivity index (χ3n) is 0.862. The van der Waals surface area contributed by atoms with Crippen molar-refractivity contribution in [2.24, 2.45) is 0 Å². The highest BCUT2D eigenvalue weighted by atomic mass is 16.3.